The van der Waals surface area contributed by atoms with Crippen molar-refractivity contribution < 1.29 is 13.9 Å². The highest BCUT2D eigenvalue weighted by molar-refractivity contribution is 5.39. The fourth-order valence-electron chi connectivity index (χ4n) is 2.30. The molecule has 1 aliphatic heterocycles. The summed E-state index contributed by atoms with van der Waals surface area (Å²) in [6.45, 7) is 1.01. The van der Waals surface area contributed by atoms with Crippen LogP contribution in [0.4, 0.5) is 10.1 Å². The van der Waals surface area contributed by atoms with E-state index in [0.29, 0.717) is 19.6 Å². The summed E-state index contributed by atoms with van der Waals surface area (Å²) in [5.74, 6) is 0.531. The van der Waals surface area contributed by atoms with E-state index >= 15 is 0 Å². The molecule has 0 spiro atoms. The molecule has 2 aromatic carbocycles. The molecule has 0 amide bonds. The number of nitrogen functional groups attached to an aromatic ring is 1. The summed E-state index contributed by atoms with van der Waals surface area (Å²) >= 11 is 0. The number of halogens is 1. The second-order valence-corrected chi connectivity index (χ2v) is 4.95. The van der Waals surface area contributed by atoms with E-state index in [2.05, 4.69) is 0 Å². The molecule has 1 unspecified atom stereocenters. The van der Waals surface area contributed by atoms with Gasteiger partial charge in [0.05, 0.1) is 13.2 Å². The van der Waals surface area contributed by atoms with Gasteiger partial charge < -0.3 is 15.2 Å². The zero-order valence-electron chi connectivity index (χ0n) is 11.0. The van der Waals surface area contributed by atoms with Gasteiger partial charge in [-0.25, -0.2) is 4.39 Å². The summed E-state index contributed by atoms with van der Waals surface area (Å²) in [6, 6.07) is 12.2. The van der Waals surface area contributed by atoms with Gasteiger partial charge in [-0.3, -0.25) is 0 Å². The lowest BCUT2D eigenvalue weighted by molar-refractivity contribution is 0.0510. The standard InChI is InChI=1S/C16H16FNO2/c17-13-3-6-16-12(7-13)8-15(20-16)10-19-9-11-1-4-14(18)5-2-11/h1-7,15H,8-10,18H2. The lowest BCUT2D eigenvalue weighted by Crippen LogP contribution is -2.20. The number of rotatable bonds is 4. The molecular formula is C16H16FNO2. The maximum atomic E-state index is 13.1. The van der Waals surface area contributed by atoms with E-state index in [1.807, 2.05) is 24.3 Å². The van der Waals surface area contributed by atoms with Crippen LogP contribution in [0.3, 0.4) is 0 Å². The van der Waals surface area contributed by atoms with Crippen molar-refractivity contribution in [2.75, 3.05) is 12.3 Å². The molecule has 0 saturated heterocycles. The number of benzene rings is 2. The number of nitrogens with two attached hydrogens (primary N) is 1. The molecule has 0 fully saturated rings. The highest BCUT2D eigenvalue weighted by atomic mass is 19.1. The van der Waals surface area contributed by atoms with Gasteiger partial charge in [-0.05, 0) is 35.9 Å². The largest absolute Gasteiger partial charge is 0.487 e. The fourth-order valence-corrected chi connectivity index (χ4v) is 2.30. The Hall–Kier alpha value is -2.07. The van der Waals surface area contributed by atoms with Crippen LogP contribution >= 0.6 is 0 Å². The molecule has 3 nitrogen and oxygen atoms in total. The lowest BCUT2D eigenvalue weighted by Gasteiger charge is -2.11. The minimum Gasteiger partial charge on any atom is -0.487 e. The summed E-state index contributed by atoms with van der Waals surface area (Å²) in [6.07, 6.45) is 0.648. The number of hydrogen-bond donors (Lipinski definition) is 1. The second kappa shape index (κ2) is 5.51. The summed E-state index contributed by atoms with van der Waals surface area (Å²) < 4.78 is 24.5. The third-order valence-electron chi connectivity index (χ3n) is 3.32. The highest BCUT2D eigenvalue weighted by Gasteiger charge is 2.23. The molecule has 104 valence electrons. The molecule has 0 radical (unpaired) electrons. The van der Waals surface area contributed by atoms with Crippen molar-refractivity contribution >= 4 is 5.69 Å². The van der Waals surface area contributed by atoms with Crippen LogP contribution in [0, 0.1) is 5.82 Å². The Morgan fingerprint density at radius 2 is 2.00 bits per heavy atom. The first-order valence-corrected chi connectivity index (χ1v) is 6.58. The molecule has 2 N–H and O–H groups in total. The lowest BCUT2D eigenvalue weighted by atomic mass is 10.1. The first-order chi connectivity index (χ1) is 9.70. The van der Waals surface area contributed by atoms with Crippen molar-refractivity contribution in [3.05, 3.63) is 59.4 Å². The summed E-state index contributed by atoms with van der Waals surface area (Å²) in [5.41, 5.74) is 8.34. The summed E-state index contributed by atoms with van der Waals surface area (Å²) in [7, 11) is 0. The quantitative estimate of drug-likeness (QED) is 0.871. The van der Waals surface area contributed by atoms with E-state index in [9.17, 15) is 4.39 Å². The smallest absolute Gasteiger partial charge is 0.126 e. The molecule has 1 atom stereocenters. The zero-order chi connectivity index (χ0) is 13.9. The van der Waals surface area contributed by atoms with Gasteiger partial charge >= 0.3 is 0 Å². The average Bonchev–Trinajstić information content (AvgIpc) is 2.83. The molecular weight excluding hydrogens is 257 g/mol. The normalized spacial score (nSPS) is 16.8. The van der Waals surface area contributed by atoms with Gasteiger partial charge in [0.1, 0.15) is 17.7 Å². The van der Waals surface area contributed by atoms with Crippen molar-refractivity contribution in [3.63, 3.8) is 0 Å². The average molecular weight is 273 g/mol. The third kappa shape index (κ3) is 2.91. The SMILES string of the molecule is Nc1ccc(COCC2Cc3cc(F)ccc3O2)cc1. The van der Waals surface area contributed by atoms with Gasteiger partial charge in [-0.2, -0.15) is 0 Å². The van der Waals surface area contributed by atoms with Crippen LogP contribution in [0.15, 0.2) is 42.5 Å². The van der Waals surface area contributed by atoms with E-state index in [-0.39, 0.29) is 11.9 Å². The van der Waals surface area contributed by atoms with Crippen molar-refractivity contribution in [2.45, 2.75) is 19.1 Å². The second-order valence-electron chi connectivity index (χ2n) is 4.95. The maximum Gasteiger partial charge on any atom is 0.126 e. The van der Waals surface area contributed by atoms with Gasteiger partial charge in [-0.1, -0.05) is 12.1 Å². The van der Waals surface area contributed by atoms with Crippen molar-refractivity contribution in [1.82, 2.24) is 0 Å². The number of fused-ring (bicyclic) bond motifs is 1. The van der Waals surface area contributed by atoms with Gasteiger partial charge in [0, 0.05) is 17.7 Å². The zero-order valence-corrected chi connectivity index (χ0v) is 11.0. The highest BCUT2D eigenvalue weighted by Crippen LogP contribution is 2.29. The van der Waals surface area contributed by atoms with E-state index in [4.69, 9.17) is 15.2 Å². The molecule has 2 aromatic rings. The Labute approximate surface area is 117 Å². The van der Waals surface area contributed by atoms with Crippen LogP contribution in [0.25, 0.3) is 0 Å². The van der Waals surface area contributed by atoms with E-state index < -0.39 is 0 Å². The minimum atomic E-state index is -0.226. The van der Waals surface area contributed by atoms with Crippen molar-refractivity contribution in [2.24, 2.45) is 0 Å². The van der Waals surface area contributed by atoms with E-state index in [1.165, 1.54) is 12.1 Å². The van der Waals surface area contributed by atoms with Crippen LogP contribution in [-0.2, 0) is 17.8 Å². The molecule has 1 aliphatic rings. The molecule has 4 heteroatoms. The monoisotopic (exact) mass is 273 g/mol. The molecule has 0 saturated carbocycles. The fraction of sp³-hybridized carbons (Fsp3) is 0.250. The van der Waals surface area contributed by atoms with Crippen molar-refractivity contribution in [3.8, 4) is 5.75 Å². The van der Waals surface area contributed by atoms with Crippen LogP contribution in [0.1, 0.15) is 11.1 Å². The van der Waals surface area contributed by atoms with Gasteiger partial charge in [0.2, 0.25) is 0 Å². The number of hydrogen-bond acceptors (Lipinski definition) is 3. The van der Waals surface area contributed by atoms with E-state index in [0.717, 1.165) is 22.6 Å². The summed E-state index contributed by atoms with van der Waals surface area (Å²) in [5, 5.41) is 0. The van der Waals surface area contributed by atoms with Gasteiger partial charge in [0.15, 0.2) is 0 Å². The molecule has 20 heavy (non-hydrogen) atoms. The minimum absolute atomic E-state index is 0.0411. The van der Waals surface area contributed by atoms with Gasteiger partial charge in [0.25, 0.3) is 0 Å². The van der Waals surface area contributed by atoms with Crippen LogP contribution < -0.4 is 10.5 Å². The third-order valence-corrected chi connectivity index (χ3v) is 3.32. The predicted molar refractivity (Wildman–Crippen MR) is 75.0 cm³/mol. The van der Waals surface area contributed by atoms with Crippen LogP contribution in [0.5, 0.6) is 5.75 Å². The molecule has 0 aliphatic carbocycles. The maximum absolute atomic E-state index is 13.1. The molecule has 0 bridgehead atoms. The Bertz CT molecular complexity index is 598. The number of ether oxygens (including phenoxy) is 2. The number of anilines is 1. The van der Waals surface area contributed by atoms with Crippen LogP contribution in [-0.4, -0.2) is 12.7 Å². The van der Waals surface area contributed by atoms with Crippen LogP contribution in [0.2, 0.25) is 0 Å². The molecule has 1 heterocycles. The first kappa shape index (κ1) is 12.9. The molecule has 0 aromatic heterocycles. The summed E-state index contributed by atoms with van der Waals surface area (Å²) in [4.78, 5) is 0. The van der Waals surface area contributed by atoms with Crippen molar-refractivity contribution in [1.29, 1.82) is 0 Å². The van der Waals surface area contributed by atoms with E-state index in [1.54, 1.807) is 6.07 Å². The molecule has 3 rings (SSSR count). The topological polar surface area (TPSA) is 44.5 Å². The first-order valence-electron chi connectivity index (χ1n) is 6.58. The van der Waals surface area contributed by atoms with Gasteiger partial charge in [-0.15, -0.1) is 0 Å². The predicted octanol–water partition coefficient (Wildman–Crippen LogP) is 2.93. The Morgan fingerprint density at radius 3 is 2.80 bits per heavy atom. The Morgan fingerprint density at radius 1 is 1.20 bits per heavy atom. The Balaban J connectivity index is 1.50. The Kier molecular flexibility index (Phi) is 3.56.